The molecule has 1 aromatic carbocycles. The van der Waals surface area contributed by atoms with Gasteiger partial charge in [-0.05, 0) is 30.4 Å². The van der Waals surface area contributed by atoms with Crippen molar-refractivity contribution in [2.24, 2.45) is 0 Å². The van der Waals surface area contributed by atoms with Gasteiger partial charge < -0.3 is 11.1 Å². The van der Waals surface area contributed by atoms with Gasteiger partial charge in [0, 0.05) is 12.5 Å². The van der Waals surface area contributed by atoms with E-state index in [-0.39, 0.29) is 5.91 Å². The van der Waals surface area contributed by atoms with E-state index < -0.39 is 0 Å². The highest BCUT2D eigenvalue weighted by molar-refractivity contribution is 7.17. The molecule has 3 N–H and O–H groups in total. The van der Waals surface area contributed by atoms with Crippen molar-refractivity contribution in [2.45, 2.75) is 38.6 Å². The lowest BCUT2D eigenvalue weighted by atomic mass is 10.1. The van der Waals surface area contributed by atoms with E-state index in [9.17, 15) is 4.79 Å². The maximum Gasteiger partial charge on any atom is 0.263 e. The van der Waals surface area contributed by atoms with Crippen molar-refractivity contribution >= 4 is 22.4 Å². The summed E-state index contributed by atoms with van der Waals surface area (Å²) >= 11 is 1.29. The van der Waals surface area contributed by atoms with Gasteiger partial charge in [0.1, 0.15) is 4.88 Å². The molecule has 1 fully saturated rings. The van der Waals surface area contributed by atoms with E-state index in [1.54, 1.807) is 0 Å². The van der Waals surface area contributed by atoms with E-state index in [0.717, 1.165) is 25.0 Å². The molecule has 0 atom stereocenters. The average Bonchev–Trinajstić information content (AvgIpc) is 3.27. The topological polar surface area (TPSA) is 68.0 Å². The molecule has 0 spiro atoms. The van der Waals surface area contributed by atoms with E-state index >= 15 is 0 Å². The Morgan fingerprint density at radius 1 is 1.38 bits per heavy atom. The first-order valence-electron chi connectivity index (χ1n) is 7.30. The van der Waals surface area contributed by atoms with Crippen LogP contribution in [0.3, 0.4) is 0 Å². The number of hydrogen-bond acceptors (Lipinski definition) is 4. The van der Waals surface area contributed by atoms with Crippen molar-refractivity contribution in [1.82, 2.24) is 10.3 Å². The van der Waals surface area contributed by atoms with Crippen molar-refractivity contribution in [3.8, 4) is 0 Å². The van der Waals surface area contributed by atoms with Crippen LogP contribution >= 0.6 is 11.3 Å². The molecule has 21 heavy (non-hydrogen) atoms. The molecular weight excluding hydrogens is 282 g/mol. The molecule has 1 aliphatic carbocycles. The lowest BCUT2D eigenvalue weighted by Gasteiger charge is -2.09. The van der Waals surface area contributed by atoms with E-state index in [0.29, 0.717) is 22.5 Å². The van der Waals surface area contributed by atoms with Gasteiger partial charge in [0.15, 0.2) is 5.13 Å². The Kier molecular flexibility index (Phi) is 3.92. The molecule has 1 aliphatic rings. The van der Waals surface area contributed by atoms with Gasteiger partial charge in [0.25, 0.3) is 5.91 Å². The maximum atomic E-state index is 12.4. The molecule has 1 aromatic heterocycles. The first-order valence-corrected chi connectivity index (χ1v) is 8.12. The summed E-state index contributed by atoms with van der Waals surface area (Å²) in [5.41, 5.74) is 9.08. The molecule has 0 saturated heterocycles. The zero-order chi connectivity index (χ0) is 14.8. The van der Waals surface area contributed by atoms with Crippen molar-refractivity contribution in [2.75, 3.05) is 5.73 Å². The maximum absolute atomic E-state index is 12.4. The molecule has 5 heteroatoms. The first kappa shape index (κ1) is 14.1. The number of thiazole rings is 1. The van der Waals surface area contributed by atoms with Gasteiger partial charge in [-0.25, -0.2) is 4.98 Å². The molecule has 1 saturated carbocycles. The number of hydrogen-bond donors (Lipinski definition) is 2. The van der Waals surface area contributed by atoms with Crippen LogP contribution in [0.15, 0.2) is 24.3 Å². The standard InChI is InChI=1S/C16H19N3OS/c1-2-10-5-3-4-6-12(10)9-18-15(20)14-13(11-7-8-11)19-16(17)21-14/h3-6,11H,2,7-9H2,1H3,(H2,17,19)(H,18,20). The molecule has 1 heterocycles. The molecular formula is C16H19N3OS. The SMILES string of the molecule is CCc1ccccc1CNC(=O)c1sc(N)nc1C1CC1. The quantitative estimate of drug-likeness (QED) is 0.891. The zero-order valence-corrected chi connectivity index (χ0v) is 12.9. The normalized spacial score (nSPS) is 14.1. The minimum absolute atomic E-state index is 0.0583. The summed E-state index contributed by atoms with van der Waals surface area (Å²) < 4.78 is 0. The summed E-state index contributed by atoms with van der Waals surface area (Å²) in [6, 6.07) is 8.18. The Morgan fingerprint density at radius 2 is 2.10 bits per heavy atom. The highest BCUT2D eigenvalue weighted by atomic mass is 32.1. The number of aryl methyl sites for hydroxylation is 1. The molecule has 4 nitrogen and oxygen atoms in total. The number of rotatable bonds is 5. The predicted molar refractivity (Wildman–Crippen MR) is 85.5 cm³/mol. The summed E-state index contributed by atoms with van der Waals surface area (Å²) in [5, 5.41) is 3.48. The summed E-state index contributed by atoms with van der Waals surface area (Å²) in [6.45, 7) is 2.67. The largest absolute Gasteiger partial charge is 0.375 e. The van der Waals surface area contributed by atoms with Crippen molar-refractivity contribution in [3.63, 3.8) is 0 Å². The van der Waals surface area contributed by atoms with E-state index in [2.05, 4.69) is 29.4 Å². The minimum Gasteiger partial charge on any atom is -0.375 e. The van der Waals surface area contributed by atoms with Gasteiger partial charge in [-0.2, -0.15) is 0 Å². The van der Waals surface area contributed by atoms with Crippen LogP contribution in [0, 0.1) is 0 Å². The zero-order valence-electron chi connectivity index (χ0n) is 12.1. The van der Waals surface area contributed by atoms with Gasteiger partial charge in [0.05, 0.1) is 5.69 Å². The van der Waals surface area contributed by atoms with E-state index in [1.165, 1.54) is 22.5 Å². The van der Waals surface area contributed by atoms with Crippen LogP contribution in [0.5, 0.6) is 0 Å². The second-order valence-electron chi connectivity index (χ2n) is 5.35. The fourth-order valence-electron chi connectivity index (χ4n) is 2.48. The Labute approximate surface area is 128 Å². The number of anilines is 1. The van der Waals surface area contributed by atoms with Gasteiger partial charge in [0.2, 0.25) is 0 Å². The average molecular weight is 301 g/mol. The van der Waals surface area contributed by atoms with Crippen LogP contribution in [-0.4, -0.2) is 10.9 Å². The minimum atomic E-state index is -0.0583. The third-order valence-electron chi connectivity index (χ3n) is 3.78. The van der Waals surface area contributed by atoms with Crippen LogP contribution in [0.2, 0.25) is 0 Å². The van der Waals surface area contributed by atoms with Gasteiger partial charge >= 0.3 is 0 Å². The van der Waals surface area contributed by atoms with Gasteiger partial charge in [-0.1, -0.05) is 42.5 Å². The predicted octanol–water partition coefficient (Wildman–Crippen LogP) is 3.10. The second-order valence-corrected chi connectivity index (χ2v) is 6.38. The molecule has 0 radical (unpaired) electrons. The van der Waals surface area contributed by atoms with Crippen LogP contribution in [-0.2, 0) is 13.0 Å². The fraction of sp³-hybridized carbons (Fsp3) is 0.375. The van der Waals surface area contributed by atoms with Crippen molar-refractivity contribution in [1.29, 1.82) is 0 Å². The molecule has 0 aliphatic heterocycles. The third-order valence-corrected chi connectivity index (χ3v) is 4.68. The van der Waals surface area contributed by atoms with Crippen LogP contribution in [0.1, 0.15) is 52.2 Å². The van der Waals surface area contributed by atoms with Crippen LogP contribution in [0.4, 0.5) is 5.13 Å². The smallest absolute Gasteiger partial charge is 0.263 e. The Balaban J connectivity index is 1.72. The highest BCUT2D eigenvalue weighted by Crippen LogP contribution is 2.43. The number of nitrogens with two attached hydrogens (primary N) is 1. The first-order chi connectivity index (χ1) is 10.2. The number of carbonyl (C=O) groups is 1. The molecule has 0 bridgehead atoms. The monoisotopic (exact) mass is 301 g/mol. The van der Waals surface area contributed by atoms with Gasteiger partial charge in [-0.3, -0.25) is 4.79 Å². The lowest BCUT2D eigenvalue weighted by molar-refractivity contribution is 0.0953. The number of benzene rings is 1. The summed E-state index contributed by atoms with van der Waals surface area (Å²) in [5.74, 6) is 0.374. The summed E-state index contributed by atoms with van der Waals surface area (Å²) in [7, 11) is 0. The lowest BCUT2D eigenvalue weighted by Crippen LogP contribution is -2.23. The summed E-state index contributed by atoms with van der Waals surface area (Å²) in [6.07, 6.45) is 3.19. The fourth-order valence-corrected chi connectivity index (χ4v) is 3.31. The number of nitrogen functional groups attached to an aromatic ring is 1. The van der Waals surface area contributed by atoms with Gasteiger partial charge in [-0.15, -0.1) is 0 Å². The summed E-state index contributed by atoms with van der Waals surface area (Å²) in [4.78, 5) is 17.4. The molecule has 110 valence electrons. The Hall–Kier alpha value is -1.88. The van der Waals surface area contributed by atoms with E-state index in [1.807, 2.05) is 12.1 Å². The number of carbonyl (C=O) groups excluding carboxylic acids is 1. The number of aromatic nitrogens is 1. The second kappa shape index (κ2) is 5.85. The number of nitrogens with zero attached hydrogens (tertiary/aromatic N) is 1. The molecule has 2 aromatic rings. The van der Waals surface area contributed by atoms with Crippen LogP contribution < -0.4 is 11.1 Å². The van der Waals surface area contributed by atoms with Crippen LogP contribution in [0.25, 0.3) is 0 Å². The molecule has 3 rings (SSSR count). The number of nitrogens with one attached hydrogen (secondary N) is 1. The molecule has 0 unspecified atom stereocenters. The third kappa shape index (κ3) is 3.08. The number of amides is 1. The Bertz CT molecular complexity index is 661. The molecule has 1 amide bonds. The van der Waals surface area contributed by atoms with Crippen molar-refractivity contribution < 1.29 is 4.79 Å². The Morgan fingerprint density at radius 3 is 2.76 bits per heavy atom. The van der Waals surface area contributed by atoms with E-state index in [4.69, 9.17) is 5.73 Å². The highest BCUT2D eigenvalue weighted by Gasteiger charge is 2.31. The van der Waals surface area contributed by atoms with Crippen molar-refractivity contribution in [3.05, 3.63) is 46.0 Å².